The van der Waals surface area contributed by atoms with Crippen molar-refractivity contribution in [1.82, 2.24) is 0 Å². The van der Waals surface area contributed by atoms with Crippen LogP contribution in [0.2, 0.25) is 0 Å². The highest BCUT2D eigenvalue weighted by atomic mass is 32.2. The molecule has 4 nitrogen and oxygen atoms in total. The number of rotatable bonds is 7. The summed E-state index contributed by atoms with van der Waals surface area (Å²) < 4.78 is 18.6. The predicted octanol–water partition coefficient (Wildman–Crippen LogP) is 4.69. The van der Waals surface area contributed by atoms with Crippen molar-refractivity contribution in [1.29, 1.82) is 0 Å². The second-order valence-corrected chi connectivity index (χ2v) is 8.49. The summed E-state index contributed by atoms with van der Waals surface area (Å²) in [7, 11) is -1.01. The molecule has 1 aliphatic heterocycles. The Labute approximate surface area is 167 Å². The summed E-state index contributed by atoms with van der Waals surface area (Å²) in [5.74, 6) is 1.53. The highest BCUT2D eigenvalue weighted by Gasteiger charge is 2.15. The van der Waals surface area contributed by atoms with Crippen molar-refractivity contribution in [2.45, 2.75) is 30.6 Å². The summed E-state index contributed by atoms with van der Waals surface area (Å²) in [6, 6.07) is 19.8. The van der Waals surface area contributed by atoms with E-state index in [1.165, 1.54) is 0 Å². The number of ether oxygens (including phenoxy) is 1. The number of nitrogens with one attached hydrogen (secondary N) is 1. The van der Waals surface area contributed by atoms with Gasteiger partial charge in [0, 0.05) is 22.8 Å². The molecule has 0 bridgehead atoms. The van der Waals surface area contributed by atoms with Crippen molar-refractivity contribution < 1.29 is 13.7 Å². The zero-order valence-corrected chi connectivity index (χ0v) is 16.5. The van der Waals surface area contributed by atoms with Gasteiger partial charge in [0.2, 0.25) is 5.91 Å². The Kier molecular flexibility index (Phi) is 5.72. The largest absolute Gasteiger partial charge is 0.494 e. The molecule has 1 unspecified atom stereocenters. The van der Waals surface area contributed by atoms with Gasteiger partial charge in [-0.1, -0.05) is 36.4 Å². The fraction of sp³-hybridized carbons (Fsp3) is 0.261. The highest BCUT2D eigenvalue weighted by Crippen LogP contribution is 2.27. The number of carbonyl (C=O) groups is 1. The molecule has 0 spiro atoms. The third-order valence-electron chi connectivity index (χ3n) is 4.96. The molecule has 0 aromatic heterocycles. The first-order chi connectivity index (χ1) is 13.7. The van der Waals surface area contributed by atoms with Crippen LogP contribution in [-0.2, 0) is 22.0 Å². The highest BCUT2D eigenvalue weighted by molar-refractivity contribution is 7.85. The summed E-state index contributed by atoms with van der Waals surface area (Å²) >= 11 is 0. The topological polar surface area (TPSA) is 55.4 Å². The lowest BCUT2D eigenvalue weighted by atomic mass is 10.0. The van der Waals surface area contributed by atoms with Crippen molar-refractivity contribution in [2.24, 2.45) is 0 Å². The summed E-state index contributed by atoms with van der Waals surface area (Å²) in [4.78, 5) is 12.3. The van der Waals surface area contributed by atoms with Crippen LogP contribution >= 0.6 is 0 Å². The van der Waals surface area contributed by atoms with E-state index < -0.39 is 10.8 Å². The molecule has 3 aromatic rings. The van der Waals surface area contributed by atoms with Crippen LogP contribution in [0.5, 0.6) is 5.75 Å². The van der Waals surface area contributed by atoms with Crippen LogP contribution in [0.4, 0.5) is 5.69 Å². The SMILES string of the molecule is O=C1CCc2cc(OCCCCS(=O)c3cccc4ccccc34)ccc2N1. The van der Waals surface area contributed by atoms with Crippen LogP contribution in [-0.4, -0.2) is 22.5 Å². The number of hydrogen-bond acceptors (Lipinski definition) is 3. The predicted molar refractivity (Wildman–Crippen MR) is 113 cm³/mol. The minimum absolute atomic E-state index is 0.0698. The smallest absolute Gasteiger partial charge is 0.224 e. The van der Waals surface area contributed by atoms with Crippen molar-refractivity contribution in [3.05, 3.63) is 66.2 Å². The Bertz CT molecular complexity index is 1030. The van der Waals surface area contributed by atoms with Gasteiger partial charge in [0.1, 0.15) is 5.75 Å². The number of fused-ring (bicyclic) bond motifs is 2. The van der Waals surface area contributed by atoms with E-state index >= 15 is 0 Å². The monoisotopic (exact) mass is 393 g/mol. The van der Waals surface area contributed by atoms with E-state index in [1.807, 2.05) is 60.7 Å². The second kappa shape index (κ2) is 8.57. The number of hydrogen-bond donors (Lipinski definition) is 1. The van der Waals surface area contributed by atoms with Crippen molar-refractivity contribution >= 4 is 33.2 Å². The Morgan fingerprint density at radius 3 is 2.75 bits per heavy atom. The molecule has 1 heterocycles. The Balaban J connectivity index is 1.27. The van der Waals surface area contributed by atoms with Crippen molar-refractivity contribution in [3.63, 3.8) is 0 Å². The van der Waals surface area contributed by atoms with Crippen LogP contribution in [0.1, 0.15) is 24.8 Å². The summed E-state index contributed by atoms with van der Waals surface area (Å²) in [5.41, 5.74) is 2.00. The first-order valence-corrected chi connectivity index (χ1v) is 10.9. The maximum atomic E-state index is 12.7. The number of unbranched alkanes of at least 4 members (excludes halogenated alkanes) is 1. The van der Waals surface area contributed by atoms with Crippen LogP contribution in [0.3, 0.4) is 0 Å². The molecule has 1 aliphatic rings. The van der Waals surface area contributed by atoms with Crippen LogP contribution < -0.4 is 10.1 Å². The van der Waals surface area contributed by atoms with E-state index in [9.17, 15) is 9.00 Å². The lowest BCUT2D eigenvalue weighted by molar-refractivity contribution is -0.116. The van der Waals surface area contributed by atoms with Gasteiger partial charge in [0.25, 0.3) is 0 Å². The number of benzene rings is 3. The molecule has 0 saturated carbocycles. The fourth-order valence-electron chi connectivity index (χ4n) is 3.48. The van der Waals surface area contributed by atoms with Gasteiger partial charge < -0.3 is 10.1 Å². The maximum Gasteiger partial charge on any atom is 0.224 e. The Hall–Kier alpha value is -2.66. The minimum Gasteiger partial charge on any atom is -0.494 e. The minimum atomic E-state index is -1.01. The first kappa shape index (κ1) is 18.7. The van der Waals surface area contributed by atoms with Gasteiger partial charge in [-0.05, 0) is 59.9 Å². The van der Waals surface area contributed by atoms with Gasteiger partial charge in [0.05, 0.1) is 17.4 Å². The third kappa shape index (κ3) is 4.25. The molecule has 0 aliphatic carbocycles. The van der Waals surface area contributed by atoms with Gasteiger partial charge in [-0.3, -0.25) is 9.00 Å². The normalized spacial score (nSPS) is 14.4. The molecule has 0 radical (unpaired) electrons. The lowest BCUT2D eigenvalue weighted by Gasteiger charge is -2.17. The van der Waals surface area contributed by atoms with E-state index in [0.29, 0.717) is 18.8 Å². The molecule has 28 heavy (non-hydrogen) atoms. The number of carbonyl (C=O) groups excluding carboxylic acids is 1. The van der Waals surface area contributed by atoms with Gasteiger partial charge in [-0.25, -0.2) is 0 Å². The zero-order chi connectivity index (χ0) is 19.3. The molecular formula is C23H23NO3S. The molecule has 1 N–H and O–H groups in total. The van der Waals surface area contributed by atoms with Crippen LogP contribution in [0, 0.1) is 0 Å². The maximum absolute atomic E-state index is 12.7. The Morgan fingerprint density at radius 2 is 1.82 bits per heavy atom. The summed E-state index contributed by atoms with van der Waals surface area (Å²) in [5, 5.41) is 5.07. The number of amides is 1. The molecule has 144 valence electrons. The van der Waals surface area contributed by atoms with Crippen molar-refractivity contribution in [3.8, 4) is 5.75 Å². The average Bonchev–Trinajstić information content (AvgIpc) is 2.73. The molecule has 3 aromatic carbocycles. The van der Waals surface area contributed by atoms with E-state index in [0.717, 1.165) is 51.9 Å². The van der Waals surface area contributed by atoms with E-state index in [1.54, 1.807) is 0 Å². The average molecular weight is 394 g/mol. The molecule has 0 saturated heterocycles. The molecular weight excluding hydrogens is 370 g/mol. The number of anilines is 1. The lowest BCUT2D eigenvalue weighted by Crippen LogP contribution is -2.18. The van der Waals surface area contributed by atoms with E-state index in [4.69, 9.17) is 4.74 Å². The quantitative estimate of drug-likeness (QED) is 0.593. The Morgan fingerprint density at radius 1 is 0.964 bits per heavy atom. The van der Waals surface area contributed by atoms with Gasteiger partial charge in [-0.2, -0.15) is 0 Å². The van der Waals surface area contributed by atoms with Crippen molar-refractivity contribution in [2.75, 3.05) is 17.7 Å². The van der Waals surface area contributed by atoms with Gasteiger partial charge in [-0.15, -0.1) is 0 Å². The zero-order valence-electron chi connectivity index (χ0n) is 15.6. The molecule has 5 heteroatoms. The first-order valence-electron chi connectivity index (χ1n) is 9.62. The van der Waals surface area contributed by atoms with Crippen LogP contribution in [0.15, 0.2) is 65.6 Å². The third-order valence-corrected chi connectivity index (χ3v) is 6.47. The molecule has 1 amide bonds. The van der Waals surface area contributed by atoms with Gasteiger partial charge in [0.15, 0.2) is 0 Å². The fourth-order valence-corrected chi connectivity index (χ4v) is 4.83. The van der Waals surface area contributed by atoms with E-state index in [-0.39, 0.29) is 5.91 Å². The second-order valence-electron chi connectivity index (χ2n) is 6.95. The summed E-state index contributed by atoms with van der Waals surface area (Å²) in [6.07, 6.45) is 2.97. The van der Waals surface area contributed by atoms with Gasteiger partial charge >= 0.3 is 0 Å². The molecule has 1 atom stereocenters. The van der Waals surface area contributed by atoms with Crippen LogP contribution in [0.25, 0.3) is 10.8 Å². The van der Waals surface area contributed by atoms with E-state index in [2.05, 4.69) is 5.32 Å². The standard InChI is InChI=1S/C23H23NO3S/c25-23-13-10-18-16-19(11-12-21(18)24-23)27-14-3-4-15-28(26)22-9-5-7-17-6-1-2-8-20(17)22/h1-2,5-9,11-12,16H,3-4,10,13-15H2,(H,24,25). The number of aryl methyl sites for hydroxylation is 1. The molecule has 0 fully saturated rings. The molecule has 4 rings (SSSR count). The summed E-state index contributed by atoms with van der Waals surface area (Å²) in [6.45, 7) is 0.595.